The maximum atomic E-state index is 13.4. The van der Waals surface area contributed by atoms with Crippen LogP contribution in [-0.4, -0.2) is 15.6 Å². The highest BCUT2D eigenvalue weighted by Gasteiger charge is 2.38. The predicted molar refractivity (Wildman–Crippen MR) is 87.3 cm³/mol. The molecule has 24 heavy (non-hydrogen) atoms. The van der Waals surface area contributed by atoms with Crippen molar-refractivity contribution in [3.05, 3.63) is 45.2 Å². The summed E-state index contributed by atoms with van der Waals surface area (Å²) >= 11 is 3.29. The van der Waals surface area contributed by atoms with E-state index < -0.39 is 12.1 Å². The summed E-state index contributed by atoms with van der Waals surface area (Å²) in [5.74, 6) is -0.536. The van der Waals surface area contributed by atoms with Crippen LogP contribution in [0.4, 0.5) is 8.78 Å². The molecule has 2 atom stereocenters. The number of carbonyl (C=O) groups is 1. The molecule has 1 heterocycles. The minimum atomic E-state index is -2.81. The van der Waals surface area contributed by atoms with E-state index in [0.29, 0.717) is 27.8 Å². The van der Waals surface area contributed by atoms with Crippen molar-refractivity contribution >= 4 is 21.7 Å². The van der Waals surface area contributed by atoms with E-state index in [9.17, 15) is 13.6 Å². The average molecular weight is 394 g/mol. The highest BCUT2D eigenvalue weighted by Crippen LogP contribution is 2.36. The summed E-state index contributed by atoms with van der Waals surface area (Å²) in [5, 5.41) is 13.0. The molecule has 124 valence electrons. The van der Waals surface area contributed by atoms with Crippen molar-refractivity contribution in [1.82, 2.24) is 9.78 Å². The Bertz CT molecular complexity index is 869. The van der Waals surface area contributed by atoms with Crippen molar-refractivity contribution < 1.29 is 13.6 Å². The molecule has 1 unspecified atom stereocenters. The second-order valence-corrected chi connectivity index (χ2v) is 6.88. The van der Waals surface area contributed by atoms with Gasteiger partial charge in [-0.15, -0.1) is 0 Å². The largest absolute Gasteiger partial charge is 0.294 e. The number of nitrogens with zero attached hydrogens (tertiary/aromatic N) is 3. The molecule has 1 aliphatic carbocycles. The van der Waals surface area contributed by atoms with Gasteiger partial charge in [-0.2, -0.15) is 10.4 Å². The van der Waals surface area contributed by atoms with Gasteiger partial charge in [-0.1, -0.05) is 13.8 Å². The molecule has 4 nitrogen and oxygen atoms in total. The van der Waals surface area contributed by atoms with Crippen molar-refractivity contribution in [2.24, 2.45) is 11.8 Å². The van der Waals surface area contributed by atoms with Gasteiger partial charge in [0.05, 0.1) is 22.5 Å². The third-order valence-electron chi connectivity index (χ3n) is 4.56. The molecule has 2 aromatic rings. The van der Waals surface area contributed by atoms with Crippen LogP contribution in [0.1, 0.15) is 47.6 Å². The lowest BCUT2D eigenvalue weighted by atomic mass is 9.79. The van der Waals surface area contributed by atoms with E-state index in [1.165, 1.54) is 4.68 Å². The number of fused-ring (bicyclic) bond motifs is 1. The molecule has 0 spiro atoms. The average Bonchev–Trinajstić information content (AvgIpc) is 2.92. The van der Waals surface area contributed by atoms with Crippen molar-refractivity contribution in [1.29, 1.82) is 5.26 Å². The standard InChI is InChI=1S/C17H14BrF2N3O/c1-8-5-13-14(16(24)9(8)2)15(17(19)20)22-23(13)11-4-3-10(7-21)12(18)6-11/h3-4,6,8-9,17H,5H2,1-2H3/t8-,9?/m0/s1. The van der Waals surface area contributed by atoms with Crippen LogP contribution in [-0.2, 0) is 6.42 Å². The van der Waals surface area contributed by atoms with E-state index in [0.717, 1.165) is 0 Å². The monoisotopic (exact) mass is 393 g/mol. The third-order valence-corrected chi connectivity index (χ3v) is 5.22. The summed E-state index contributed by atoms with van der Waals surface area (Å²) in [6.45, 7) is 3.69. The van der Waals surface area contributed by atoms with Gasteiger partial charge >= 0.3 is 0 Å². The summed E-state index contributed by atoms with van der Waals surface area (Å²) < 4.78 is 28.8. The van der Waals surface area contributed by atoms with Gasteiger partial charge < -0.3 is 0 Å². The number of Topliss-reactive ketones (excluding diaryl/α,β-unsaturated/α-hetero) is 1. The van der Waals surface area contributed by atoms with Gasteiger partial charge in [-0.25, -0.2) is 13.5 Å². The van der Waals surface area contributed by atoms with Crippen LogP contribution in [0.5, 0.6) is 0 Å². The van der Waals surface area contributed by atoms with Crippen LogP contribution in [0, 0.1) is 23.2 Å². The zero-order chi connectivity index (χ0) is 17.6. The number of benzene rings is 1. The molecule has 0 fully saturated rings. The number of aromatic nitrogens is 2. The Labute approximate surface area is 146 Å². The quantitative estimate of drug-likeness (QED) is 0.756. The zero-order valence-electron chi connectivity index (χ0n) is 13.1. The lowest BCUT2D eigenvalue weighted by Gasteiger charge is -2.25. The Kier molecular flexibility index (Phi) is 4.26. The lowest BCUT2D eigenvalue weighted by Crippen LogP contribution is -2.28. The maximum Gasteiger partial charge on any atom is 0.282 e. The molecular formula is C17H14BrF2N3O. The second kappa shape index (κ2) is 6.10. The number of hydrogen-bond donors (Lipinski definition) is 0. The Morgan fingerprint density at radius 3 is 2.71 bits per heavy atom. The van der Waals surface area contributed by atoms with Gasteiger partial charge in [0, 0.05) is 10.4 Å². The molecular weight excluding hydrogens is 380 g/mol. The van der Waals surface area contributed by atoms with E-state index in [4.69, 9.17) is 5.26 Å². The van der Waals surface area contributed by atoms with Gasteiger partial charge in [0.2, 0.25) is 0 Å². The Hall–Kier alpha value is -2.07. The molecule has 0 saturated carbocycles. The molecule has 3 rings (SSSR count). The Morgan fingerprint density at radius 1 is 1.42 bits per heavy atom. The highest BCUT2D eigenvalue weighted by atomic mass is 79.9. The Balaban J connectivity index is 2.22. The van der Waals surface area contributed by atoms with Crippen LogP contribution in [0.25, 0.3) is 5.69 Å². The van der Waals surface area contributed by atoms with Crippen molar-refractivity contribution in [2.75, 3.05) is 0 Å². The lowest BCUT2D eigenvalue weighted by molar-refractivity contribution is 0.0862. The first-order chi connectivity index (χ1) is 11.3. The fourth-order valence-electron chi connectivity index (χ4n) is 2.99. The molecule has 0 bridgehead atoms. The topological polar surface area (TPSA) is 58.7 Å². The van der Waals surface area contributed by atoms with E-state index in [1.54, 1.807) is 25.1 Å². The first-order valence-corrected chi connectivity index (χ1v) is 8.28. The van der Waals surface area contributed by atoms with Crippen LogP contribution in [0.2, 0.25) is 0 Å². The van der Waals surface area contributed by atoms with Crippen LogP contribution >= 0.6 is 15.9 Å². The highest BCUT2D eigenvalue weighted by molar-refractivity contribution is 9.10. The molecule has 0 saturated heterocycles. The van der Waals surface area contributed by atoms with Gasteiger partial charge in [-0.3, -0.25) is 4.79 Å². The molecule has 1 aliphatic rings. The fraction of sp³-hybridized carbons (Fsp3) is 0.353. The predicted octanol–water partition coefficient (Wildman–Crippen LogP) is 4.46. The SMILES string of the molecule is CC1C(=O)c2c(C(F)F)nn(-c3ccc(C#N)c(Br)c3)c2C[C@@H]1C. The van der Waals surface area contributed by atoms with Gasteiger partial charge in [0.1, 0.15) is 11.8 Å². The zero-order valence-corrected chi connectivity index (χ0v) is 14.6. The van der Waals surface area contributed by atoms with Gasteiger partial charge in [0.25, 0.3) is 6.43 Å². The van der Waals surface area contributed by atoms with Crippen molar-refractivity contribution in [3.8, 4) is 11.8 Å². The normalized spacial score (nSPS) is 20.1. The summed E-state index contributed by atoms with van der Waals surface area (Å²) in [6.07, 6.45) is -2.31. The number of nitriles is 1. The number of halogens is 3. The smallest absolute Gasteiger partial charge is 0.282 e. The number of ketones is 1. The van der Waals surface area contributed by atoms with E-state index >= 15 is 0 Å². The fourth-order valence-corrected chi connectivity index (χ4v) is 3.44. The summed E-state index contributed by atoms with van der Waals surface area (Å²) in [5.41, 5.74) is 1.08. The summed E-state index contributed by atoms with van der Waals surface area (Å²) in [6, 6.07) is 6.90. The van der Waals surface area contributed by atoms with E-state index in [1.807, 2.05) is 13.0 Å². The molecule has 1 aromatic heterocycles. The number of alkyl halides is 2. The molecule has 1 aromatic carbocycles. The van der Waals surface area contributed by atoms with Crippen molar-refractivity contribution in [3.63, 3.8) is 0 Å². The number of carbonyl (C=O) groups excluding carboxylic acids is 1. The molecule has 0 aliphatic heterocycles. The molecule has 7 heteroatoms. The first kappa shape index (κ1) is 16.8. The minimum Gasteiger partial charge on any atom is -0.294 e. The number of hydrogen-bond acceptors (Lipinski definition) is 3. The van der Waals surface area contributed by atoms with Crippen LogP contribution in [0.3, 0.4) is 0 Å². The van der Waals surface area contributed by atoms with E-state index in [-0.39, 0.29) is 23.2 Å². The maximum absolute atomic E-state index is 13.4. The van der Waals surface area contributed by atoms with Gasteiger partial charge in [0.15, 0.2) is 5.78 Å². The van der Waals surface area contributed by atoms with Crippen LogP contribution < -0.4 is 0 Å². The van der Waals surface area contributed by atoms with E-state index in [2.05, 4.69) is 21.0 Å². The van der Waals surface area contributed by atoms with Crippen molar-refractivity contribution in [2.45, 2.75) is 26.7 Å². The summed E-state index contributed by atoms with van der Waals surface area (Å²) in [7, 11) is 0. The second-order valence-electron chi connectivity index (χ2n) is 6.03. The molecule has 0 N–H and O–H groups in total. The third kappa shape index (κ3) is 2.55. The summed E-state index contributed by atoms with van der Waals surface area (Å²) in [4.78, 5) is 12.5. The van der Waals surface area contributed by atoms with Crippen LogP contribution in [0.15, 0.2) is 22.7 Å². The molecule has 0 amide bonds. The van der Waals surface area contributed by atoms with Gasteiger partial charge in [-0.05, 0) is 46.5 Å². The Morgan fingerprint density at radius 2 is 2.12 bits per heavy atom. The first-order valence-electron chi connectivity index (χ1n) is 7.49. The number of rotatable bonds is 2. The minimum absolute atomic E-state index is 0.0489. The molecule has 0 radical (unpaired) electrons.